The first kappa shape index (κ1) is 27.1. The molecule has 7 nitrogen and oxygen atoms in total. The van der Waals surface area contributed by atoms with E-state index in [0.717, 1.165) is 38.5 Å². The van der Waals surface area contributed by atoms with Gasteiger partial charge in [0.2, 0.25) is 0 Å². The number of ether oxygens (including phenoxy) is 2. The molecule has 0 aliphatic rings. The first-order valence-electron chi connectivity index (χ1n) is 8.61. The van der Waals surface area contributed by atoms with Crippen molar-refractivity contribution in [3.8, 4) is 0 Å². The van der Waals surface area contributed by atoms with Crippen LogP contribution in [0.2, 0.25) is 0 Å². The van der Waals surface area contributed by atoms with Crippen molar-refractivity contribution in [2.75, 3.05) is 13.2 Å². The topological polar surface area (TPSA) is 107 Å². The summed E-state index contributed by atoms with van der Waals surface area (Å²) in [5.74, 6) is -1.95. The van der Waals surface area contributed by atoms with Crippen molar-refractivity contribution in [2.24, 2.45) is 0 Å². The van der Waals surface area contributed by atoms with Gasteiger partial charge in [-0.3, -0.25) is 14.1 Å². The van der Waals surface area contributed by atoms with Crippen LogP contribution in [0.1, 0.15) is 71.6 Å². The van der Waals surface area contributed by atoms with Gasteiger partial charge in [0.25, 0.3) is 10.1 Å². The molecule has 0 aromatic rings. The Morgan fingerprint density at radius 2 is 1.36 bits per heavy atom. The smallest absolute Gasteiger partial charge is 0.327 e. The molecule has 0 aliphatic carbocycles. The summed E-state index contributed by atoms with van der Waals surface area (Å²) >= 11 is 0. The molecular weight excluding hydrogens is 359 g/mol. The summed E-state index contributed by atoms with van der Waals surface area (Å²) in [5.41, 5.74) is 0. The van der Waals surface area contributed by atoms with E-state index in [2.05, 4.69) is 6.92 Å². The Hall–Kier alpha value is -0.150. The Balaban J connectivity index is 0. The number of carbonyl (C=O) groups excluding carboxylic acids is 2. The first-order valence-corrected chi connectivity index (χ1v) is 10.1. The summed E-state index contributed by atoms with van der Waals surface area (Å²) in [4.78, 5) is 23.5. The van der Waals surface area contributed by atoms with Gasteiger partial charge in [0, 0.05) is 29.6 Å². The zero-order valence-electron chi connectivity index (χ0n) is 15.7. The summed E-state index contributed by atoms with van der Waals surface area (Å²) in [7, 11) is -4.72. The molecule has 0 aromatic heterocycles. The van der Waals surface area contributed by atoms with Crippen molar-refractivity contribution in [3.63, 3.8) is 0 Å². The number of hydrogen-bond donors (Lipinski definition) is 1. The molecular formula is C16H30NaO7S. The zero-order chi connectivity index (χ0) is 18.4. The summed E-state index contributed by atoms with van der Waals surface area (Å²) in [6, 6.07) is 0. The van der Waals surface area contributed by atoms with Crippen LogP contribution in [0.4, 0.5) is 0 Å². The van der Waals surface area contributed by atoms with Crippen LogP contribution in [0.3, 0.4) is 0 Å². The van der Waals surface area contributed by atoms with Crippen LogP contribution in [0.5, 0.6) is 0 Å². The molecule has 0 saturated heterocycles. The molecule has 0 spiro atoms. The molecule has 1 atom stereocenters. The quantitative estimate of drug-likeness (QED) is 0.210. The van der Waals surface area contributed by atoms with Gasteiger partial charge in [-0.15, -0.1) is 0 Å². The van der Waals surface area contributed by atoms with Gasteiger partial charge in [-0.1, -0.05) is 52.4 Å². The van der Waals surface area contributed by atoms with Crippen LogP contribution in [0, 0.1) is 0 Å². The molecule has 0 rings (SSSR count). The second-order valence-corrected chi connectivity index (χ2v) is 7.32. The van der Waals surface area contributed by atoms with E-state index in [-0.39, 0.29) is 42.8 Å². The molecule has 0 aromatic carbocycles. The number of rotatable bonds is 14. The molecule has 0 amide bonds. The molecule has 0 saturated carbocycles. The molecule has 0 fully saturated rings. The zero-order valence-corrected chi connectivity index (χ0v) is 18.5. The van der Waals surface area contributed by atoms with Crippen molar-refractivity contribution in [3.05, 3.63) is 0 Å². The molecule has 0 bridgehead atoms. The molecule has 25 heavy (non-hydrogen) atoms. The average molecular weight is 389 g/mol. The summed E-state index contributed by atoms with van der Waals surface area (Å²) in [6.07, 6.45) is 6.40. The van der Waals surface area contributed by atoms with E-state index in [1.165, 1.54) is 0 Å². The van der Waals surface area contributed by atoms with Gasteiger partial charge >= 0.3 is 11.9 Å². The Morgan fingerprint density at radius 1 is 0.880 bits per heavy atom. The third kappa shape index (κ3) is 14.7. The van der Waals surface area contributed by atoms with Gasteiger partial charge in [0.15, 0.2) is 5.25 Å². The maximum Gasteiger partial charge on any atom is 0.327 e. The molecule has 0 heterocycles. The van der Waals surface area contributed by atoms with Gasteiger partial charge in [-0.2, -0.15) is 8.42 Å². The van der Waals surface area contributed by atoms with Gasteiger partial charge in [0.05, 0.1) is 19.6 Å². The molecule has 143 valence electrons. The van der Waals surface area contributed by atoms with E-state index in [0.29, 0.717) is 12.8 Å². The Bertz CT molecular complexity index is 465. The molecule has 1 radical (unpaired) electrons. The molecule has 9 heteroatoms. The number of carbonyl (C=O) groups is 2. The normalized spacial score (nSPS) is 12.1. The van der Waals surface area contributed by atoms with Gasteiger partial charge in [-0.05, 0) is 12.8 Å². The SMILES string of the molecule is CCCCCCOC(=O)CC(C(=O)OCCCCCC)S(=O)(=O)O.[Na]. The Morgan fingerprint density at radius 3 is 1.80 bits per heavy atom. The van der Waals surface area contributed by atoms with E-state index in [1.54, 1.807) is 0 Å². The van der Waals surface area contributed by atoms with E-state index in [1.807, 2.05) is 6.92 Å². The minimum atomic E-state index is -4.72. The fourth-order valence-electron chi connectivity index (χ4n) is 2.03. The van der Waals surface area contributed by atoms with Gasteiger partial charge < -0.3 is 9.47 Å². The standard InChI is InChI=1S/C16H30O7S.Na/c1-3-5-7-9-11-22-15(17)13-14(24(19,20)21)16(18)23-12-10-8-6-4-2;/h14H,3-13H2,1-2H3,(H,19,20,21);. The van der Waals surface area contributed by atoms with Crippen molar-refractivity contribution in [1.29, 1.82) is 0 Å². The van der Waals surface area contributed by atoms with E-state index in [4.69, 9.17) is 14.0 Å². The Kier molecular flexibility index (Phi) is 17.4. The molecule has 1 N–H and O–H groups in total. The summed E-state index contributed by atoms with van der Waals surface area (Å²) < 4.78 is 41.5. The predicted octanol–water partition coefficient (Wildman–Crippen LogP) is 2.50. The Labute approximate surface area is 173 Å². The third-order valence-corrected chi connectivity index (χ3v) is 4.56. The van der Waals surface area contributed by atoms with Crippen molar-refractivity contribution >= 4 is 51.6 Å². The summed E-state index contributed by atoms with van der Waals surface area (Å²) in [6.45, 7) is 4.32. The van der Waals surface area contributed by atoms with Crippen LogP contribution in [-0.4, -0.2) is 72.9 Å². The average Bonchev–Trinajstić information content (AvgIpc) is 2.51. The van der Waals surface area contributed by atoms with Crippen LogP contribution >= 0.6 is 0 Å². The van der Waals surface area contributed by atoms with Crippen molar-refractivity contribution in [1.82, 2.24) is 0 Å². The molecule has 0 aliphatic heterocycles. The van der Waals surface area contributed by atoms with Crippen LogP contribution in [0.15, 0.2) is 0 Å². The number of esters is 2. The first-order chi connectivity index (χ1) is 11.3. The predicted molar refractivity (Wildman–Crippen MR) is 95.9 cm³/mol. The monoisotopic (exact) mass is 389 g/mol. The second-order valence-electron chi connectivity index (χ2n) is 5.72. The minimum Gasteiger partial charge on any atom is -0.466 e. The van der Waals surface area contributed by atoms with Crippen LogP contribution < -0.4 is 0 Å². The maximum atomic E-state index is 11.8. The van der Waals surface area contributed by atoms with Gasteiger partial charge in [0.1, 0.15) is 0 Å². The van der Waals surface area contributed by atoms with Crippen LogP contribution in [-0.2, 0) is 29.2 Å². The van der Waals surface area contributed by atoms with Crippen LogP contribution in [0.25, 0.3) is 0 Å². The third-order valence-electron chi connectivity index (χ3n) is 3.48. The minimum absolute atomic E-state index is 0. The van der Waals surface area contributed by atoms with Crippen molar-refractivity contribution < 1.29 is 32.0 Å². The summed E-state index contributed by atoms with van der Waals surface area (Å²) in [5, 5.41) is -1.92. The fourth-order valence-corrected chi connectivity index (χ4v) is 2.69. The fraction of sp³-hybridized carbons (Fsp3) is 0.875. The molecule has 1 unspecified atom stereocenters. The maximum absolute atomic E-state index is 11.8. The number of unbranched alkanes of at least 4 members (excludes halogenated alkanes) is 6. The van der Waals surface area contributed by atoms with Gasteiger partial charge in [-0.25, -0.2) is 0 Å². The van der Waals surface area contributed by atoms with E-state index in [9.17, 15) is 18.0 Å². The van der Waals surface area contributed by atoms with E-state index >= 15 is 0 Å². The van der Waals surface area contributed by atoms with E-state index < -0.39 is 33.7 Å². The largest absolute Gasteiger partial charge is 0.466 e. The van der Waals surface area contributed by atoms with Crippen molar-refractivity contribution in [2.45, 2.75) is 76.9 Å². The second kappa shape index (κ2) is 16.1. The number of hydrogen-bond acceptors (Lipinski definition) is 6.